The van der Waals surface area contributed by atoms with Gasteiger partial charge in [0.15, 0.2) is 0 Å². The zero-order valence-corrected chi connectivity index (χ0v) is 26.3. The Balaban J connectivity index is 1.32. The maximum atomic E-state index is 2.40. The summed E-state index contributed by atoms with van der Waals surface area (Å²) in [4.78, 5) is 0. The monoisotopic (exact) mass is 606 g/mol. The molecule has 10 aromatic rings. The fourth-order valence-corrected chi connectivity index (χ4v) is 8.18. The van der Waals surface area contributed by atoms with Crippen molar-refractivity contribution < 1.29 is 0 Å². The highest BCUT2D eigenvalue weighted by Gasteiger charge is 2.20. The van der Waals surface area contributed by atoms with Crippen LogP contribution in [0.4, 0.5) is 0 Å². The first-order chi connectivity index (χ1) is 23.8. The van der Waals surface area contributed by atoms with Crippen molar-refractivity contribution in [1.82, 2.24) is 0 Å². The van der Waals surface area contributed by atoms with E-state index >= 15 is 0 Å². The third kappa shape index (κ3) is 3.96. The molecule has 10 rings (SSSR count). The van der Waals surface area contributed by atoms with Gasteiger partial charge >= 0.3 is 0 Å². The average Bonchev–Trinajstić information content (AvgIpc) is 3.16. The van der Waals surface area contributed by atoms with Gasteiger partial charge in [-0.2, -0.15) is 0 Å². The Labute approximate surface area is 279 Å². The number of fused-ring (bicyclic) bond motifs is 7. The summed E-state index contributed by atoms with van der Waals surface area (Å²) in [7, 11) is 0. The predicted molar refractivity (Wildman–Crippen MR) is 208 cm³/mol. The van der Waals surface area contributed by atoms with Crippen LogP contribution >= 0.6 is 0 Å². The molecular weight excluding hydrogens is 577 g/mol. The Morgan fingerprint density at radius 3 is 1.19 bits per heavy atom. The molecular formula is C48H30. The summed E-state index contributed by atoms with van der Waals surface area (Å²) in [5, 5.41) is 15.3. The minimum Gasteiger partial charge on any atom is -0.0616 e. The van der Waals surface area contributed by atoms with Crippen molar-refractivity contribution >= 4 is 64.6 Å². The predicted octanol–water partition coefficient (Wildman–Crippen LogP) is 13.6. The second kappa shape index (κ2) is 10.7. The van der Waals surface area contributed by atoms with Crippen molar-refractivity contribution in [1.29, 1.82) is 0 Å². The average molecular weight is 607 g/mol. The molecule has 0 heterocycles. The molecule has 0 aliphatic heterocycles. The highest BCUT2D eigenvalue weighted by Crippen LogP contribution is 2.48. The Morgan fingerprint density at radius 2 is 0.562 bits per heavy atom. The minimum atomic E-state index is 1.26. The lowest BCUT2D eigenvalue weighted by Gasteiger charge is -2.21. The van der Waals surface area contributed by atoms with Crippen molar-refractivity contribution in [3.8, 4) is 33.4 Å². The van der Waals surface area contributed by atoms with Crippen molar-refractivity contribution in [2.45, 2.75) is 0 Å². The van der Waals surface area contributed by atoms with Gasteiger partial charge in [0.05, 0.1) is 0 Å². The normalized spacial score (nSPS) is 11.8. The van der Waals surface area contributed by atoms with Crippen molar-refractivity contribution in [3.05, 3.63) is 182 Å². The van der Waals surface area contributed by atoms with E-state index < -0.39 is 0 Å². The second-order valence-corrected chi connectivity index (χ2v) is 12.8. The van der Waals surface area contributed by atoms with Gasteiger partial charge in [0.1, 0.15) is 0 Å². The van der Waals surface area contributed by atoms with E-state index in [1.807, 2.05) is 0 Å². The van der Waals surface area contributed by atoms with Crippen LogP contribution in [0.25, 0.3) is 98.0 Å². The molecule has 0 aliphatic rings. The molecule has 0 radical (unpaired) electrons. The maximum absolute atomic E-state index is 2.40. The van der Waals surface area contributed by atoms with Crippen LogP contribution < -0.4 is 0 Å². The molecule has 0 N–H and O–H groups in total. The lowest BCUT2D eigenvalue weighted by molar-refractivity contribution is 1.67. The van der Waals surface area contributed by atoms with Gasteiger partial charge in [-0.05, 0) is 104 Å². The van der Waals surface area contributed by atoms with Gasteiger partial charge in [-0.25, -0.2) is 0 Å². The van der Waals surface area contributed by atoms with Gasteiger partial charge in [-0.1, -0.05) is 176 Å². The van der Waals surface area contributed by atoms with Crippen molar-refractivity contribution in [2.75, 3.05) is 0 Å². The molecule has 0 aromatic heterocycles. The highest BCUT2D eigenvalue weighted by atomic mass is 14.2. The van der Waals surface area contributed by atoms with Gasteiger partial charge in [0, 0.05) is 0 Å². The summed E-state index contributed by atoms with van der Waals surface area (Å²) in [5.74, 6) is 0. The summed E-state index contributed by atoms with van der Waals surface area (Å²) in [6.45, 7) is 0. The Morgan fingerprint density at radius 1 is 0.188 bits per heavy atom. The van der Waals surface area contributed by atoms with Crippen LogP contribution in [0.2, 0.25) is 0 Å². The van der Waals surface area contributed by atoms with Crippen molar-refractivity contribution in [3.63, 3.8) is 0 Å². The first kappa shape index (κ1) is 26.9. The molecule has 0 amide bonds. The quantitative estimate of drug-likeness (QED) is 0.139. The van der Waals surface area contributed by atoms with Crippen LogP contribution in [0, 0.1) is 0 Å². The number of benzene rings is 10. The highest BCUT2D eigenvalue weighted by molar-refractivity contribution is 6.27. The number of hydrogen-bond donors (Lipinski definition) is 0. The number of rotatable bonds is 3. The van der Waals surface area contributed by atoms with Crippen LogP contribution in [-0.2, 0) is 0 Å². The topological polar surface area (TPSA) is 0 Å². The molecule has 0 saturated heterocycles. The standard InChI is InChI=1S/C48H30/c1-3-17-33-31(14-1)16-13-27-36(33)40-28-29-45(38-21-7-6-20-37(38)40)47-41-23-9-11-25-43(41)48(44-26-12-10-24-42(44)47)46-30-32-15-2-4-18-34(32)35-19-5-8-22-39(35)46/h1-30H. The van der Waals surface area contributed by atoms with E-state index in [4.69, 9.17) is 0 Å². The van der Waals surface area contributed by atoms with E-state index in [9.17, 15) is 0 Å². The zero-order chi connectivity index (χ0) is 31.6. The molecule has 48 heavy (non-hydrogen) atoms. The van der Waals surface area contributed by atoms with Crippen LogP contribution in [0.5, 0.6) is 0 Å². The van der Waals surface area contributed by atoms with Crippen LogP contribution in [-0.4, -0.2) is 0 Å². The fraction of sp³-hybridized carbons (Fsp3) is 0. The van der Waals surface area contributed by atoms with Gasteiger partial charge in [-0.3, -0.25) is 0 Å². The molecule has 0 unspecified atom stereocenters. The molecule has 0 nitrogen and oxygen atoms in total. The first-order valence-corrected chi connectivity index (χ1v) is 16.7. The van der Waals surface area contributed by atoms with Gasteiger partial charge < -0.3 is 0 Å². The Kier molecular flexibility index (Phi) is 5.98. The molecule has 0 bridgehead atoms. The molecule has 0 heteroatoms. The zero-order valence-electron chi connectivity index (χ0n) is 26.3. The summed E-state index contributed by atoms with van der Waals surface area (Å²) < 4.78 is 0. The summed E-state index contributed by atoms with van der Waals surface area (Å²) in [6.07, 6.45) is 0. The van der Waals surface area contributed by atoms with Crippen LogP contribution in [0.3, 0.4) is 0 Å². The van der Waals surface area contributed by atoms with Crippen LogP contribution in [0.1, 0.15) is 0 Å². The third-order valence-corrected chi connectivity index (χ3v) is 10.2. The van der Waals surface area contributed by atoms with E-state index in [0.717, 1.165) is 0 Å². The maximum Gasteiger partial charge on any atom is -0.00199 e. The molecule has 0 aliphatic carbocycles. The van der Waals surface area contributed by atoms with Crippen LogP contribution in [0.15, 0.2) is 182 Å². The van der Waals surface area contributed by atoms with Crippen molar-refractivity contribution in [2.24, 2.45) is 0 Å². The summed E-state index contributed by atoms with van der Waals surface area (Å²) in [6, 6.07) is 67.1. The van der Waals surface area contributed by atoms with Gasteiger partial charge in [0.25, 0.3) is 0 Å². The molecule has 222 valence electrons. The fourth-order valence-electron chi connectivity index (χ4n) is 8.18. The van der Waals surface area contributed by atoms with E-state index in [1.54, 1.807) is 0 Å². The SMILES string of the molecule is c1ccc2c(-c3ccc(-c4c5ccccc5c(-c5cc6ccccc6c6ccccc56)c5ccccc45)c4ccccc34)cccc2c1. The smallest absolute Gasteiger partial charge is 0.00199 e. The molecule has 0 saturated carbocycles. The summed E-state index contributed by atoms with van der Waals surface area (Å²) >= 11 is 0. The lowest BCUT2D eigenvalue weighted by Crippen LogP contribution is -1.93. The Bertz CT molecular complexity index is 2830. The molecule has 0 spiro atoms. The summed E-state index contributed by atoms with van der Waals surface area (Å²) in [5.41, 5.74) is 7.65. The minimum absolute atomic E-state index is 1.26. The van der Waals surface area contributed by atoms with E-state index in [2.05, 4.69) is 182 Å². The molecule has 10 aromatic carbocycles. The largest absolute Gasteiger partial charge is 0.0616 e. The molecule has 0 fully saturated rings. The van der Waals surface area contributed by atoms with Gasteiger partial charge in [0.2, 0.25) is 0 Å². The van der Waals surface area contributed by atoms with E-state index in [1.165, 1.54) is 98.0 Å². The third-order valence-electron chi connectivity index (χ3n) is 10.2. The van der Waals surface area contributed by atoms with E-state index in [-0.39, 0.29) is 0 Å². The number of hydrogen-bond acceptors (Lipinski definition) is 0. The second-order valence-electron chi connectivity index (χ2n) is 12.8. The van der Waals surface area contributed by atoms with Gasteiger partial charge in [-0.15, -0.1) is 0 Å². The van der Waals surface area contributed by atoms with E-state index in [0.29, 0.717) is 0 Å². The molecule has 0 atom stereocenters. The Hall–Kier alpha value is -6.24. The lowest BCUT2D eigenvalue weighted by atomic mass is 9.82. The first-order valence-electron chi connectivity index (χ1n) is 16.7.